The zero-order valence-corrected chi connectivity index (χ0v) is 20.2. The van der Waals surface area contributed by atoms with E-state index < -0.39 is 25.2 Å². The van der Waals surface area contributed by atoms with Crippen LogP contribution in [0.5, 0.6) is 0 Å². The maximum atomic E-state index is 12.8. The molecule has 34 heavy (non-hydrogen) atoms. The molecule has 9 heteroatoms. The van der Waals surface area contributed by atoms with Crippen LogP contribution in [0.2, 0.25) is 0 Å². The van der Waals surface area contributed by atoms with Crippen molar-refractivity contribution in [1.82, 2.24) is 10.2 Å². The van der Waals surface area contributed by atoms with Crippen LogP contribution < -0.4 is 5.32 Å². The van der Waals surface area contributed by atoms with Crippen molar-refractivity contribution in [2.45, 2.75) is 64.1 Å². The Kier molecular flexibility index (Phi) is 6.05. The van der Waals surface area contributed by atoms with Crippen LogP contribution in [-0.4, -0.2) is 66.7 Å². The fraction of sp³-hybridized carbons (Fsp3) is 0.680. The molecule has 1 aromatic rings. The normalized spacial score (nSPS) is 34.2. The van der Waals surface area contributed by atoms with Gasteiger partial charge in [-0.25, -0.2) is 9.59 Å². The molecule has 0 aromatic heterocycles. The molecule has 2 bridgehead atoms. The van der Waals surface area contributed by atoms with E-state index in [0.717, 1.165) is 12.0 Å². The number of nitrogens with one attached hydrogen (secondary N) is 1. The van der Waals surface area contributed by atoms with E-state index in [1.807, 2.05) is 30.3 Å². The van der Waals surface area contributed by atoms with E-state index in [9.17, 15) is 9.59 Å². The number of nitrogens with zero attached hydrogens (tertiary/aromatic N) is 1. The van der Waals surface area contributed by atoms with Gasteiger partial charge in [0.05, 0.1) is 24.3 Å². The van der Waals surface area contributed by atoms with Gasteiger partial charge in [0.15, 0.2) is 0 Å². The molecule has 2 saturated heterocycles. The first-order valence-electron chi connectivity index (χ1n) is 12.4. The molecule has 0 radical (unpaired) electrons. The molecular formula is C25H35BN2O6. The Hall–Kier alpha value is -2.26. The minimum Gasteiger partial charge on any atom is -0.465 e. The molecule has 8 nitrogen and oxygen atoms in total. The summed E-state index contributed by atoms with van der Waals surface area (Å²) >= 11 is 0. The number of carbonyl (C=O) groups is 2. The van der Waals surface area contributed by atoms with Crippen molar-refractivity contribution in [3.8, 4) is 0 Å². The first-order chi connectivity index (χ1) is 16.2. The Balaban J connectivity index is 1.24. The molecule has 3 saturated carbocycles. The van der Waals surface area contributed by atoms with Crippen LogP contribution in [0.25, 0.3) is 0 Å². The van der Waals surface area contributed by atoms with E-state index in [-0.39, 0.29) is 29.6 Å². The predicted octanol–water partition coefficient (Wildman–Crippen LogP) is 3.59. The highest BCUT2D eigenvalue weighted by atomic mass is 16.7. The largest absolute Gasteiger partial charge is 0.482 e. The third-order valence-corrected chi connectivity index (χ3v) is 8.91. The quantitative estimate of drug-likeness (QED) is 0.617. The van der Waals surface area contributed by atoms with Gasteiger partial charge in [-0.1, -0.05) is 44.2 Å². The van der Waals surface area contributed by atoms with Crippen LogP contribution in [0.4, 0.5) is 9.59 Å². The zero-order valence-electron chi connectivity index (χ0n) is 20.2. The fourth-order valence-corrected chi connectivity index (χ4v) is 6.68. The van der Waals surface area contributed by atoms with E-state index >= 15 is 0 Å². The smallest absolute Gasteiger partial charge is 0.465 e. The molecule has 1 unspecified atom stereocenters. The van der Waals surface area contributed by atoms with Crippen LogP contribution in [-0.2, 0) is 20.5 Å². The van der Waals surface area contributed by atoms with Gasteiger partial charge in [-0.05, 0) is 55.4 Å². The number of hydrogen-bond acceptors (Lipinski definition) is 5. The minimum absolute atomic E-state index is 0.0178. The summed E-state index contributed by atoms with van der Waals surface area (Å²) in [6.07, 6.45) is 2.00. The van der Waals surface area contributed by atoms with Gasteiger partial charge in [-0.15, -0.1) is 0 Å². The zero-order chi connectivity index (χ0) is 24.1. The maximum Gasteiger partial charge on any atom is 0.482 e. The van der Waals surface area contributed by atoms with Crippen molar-refractivity contribution in [1.29, 1.82) is 0 Å². The number of benzene rings is 1. The van der Waals surface area contributed by atoms with Crippen molar-refractivity contribution in [3.05, 3.63) is 35.9 Å². The number of carboxylic acid groups (broad SMARTS) is 1. The first-order valence-corrected chi connectivity index (χ1v) is 12.4. The van der Waals surface area contributed by atoms with Gasteiger partial charge in [0, 0.05) is 19.0 Å². The van der Waals surface area contributed by atoms with Crippen LogP contribution >= 0.6 is 0 Å². The van der Waals surface area contributed by atoms with Gasteiger partial charge in [0.25, 0.3) is 0 Å². The molecular weight excluding hydrogens is 435 g/mol. The summed E-state index contributed by atoms with van der Waals surface area (Å²) in [5, 5.41) is 12.1. The molecule has 5 aliphatic rings. The SMILES string of the molecule is CC1(C)[C@@H]2C[C@H]3OB([C@H](Cc4ccccc4)NC(=O)OCC4CCN(C(=O)O)C4)O[C@@]3(C)[C@H]1C2. The van der Waals surface area contributed by atoms with E-state index in [4.69, 9.17) is 19.2 Å². The number of hydrogen-bond donors (Lipinski definition) is 2. The van der Waals surface area contributed by atoms with E-state index in [2.05, 4.69) is 26.1 Å². The van der Waals surface area contributed by atoms with Crippen molar-refractivity contribution in [2.24, 2.45) is 23.2 Å². The highest BCUT2D eigenvalue weighted by Crippen LogP contribution is 2.65. The van der Waals surface area contributed by atoms with Crippen molar-refractivity contribution in [3.63, 3.8) is 0 Å². The number of ether oxygens (including phenoxy) is 1. The second-order valence-electron chi connectivity index (χ2n) is 11.3. The van der Waals surface area contributed by atoms with E-state index in [0.29, 0.717) is 37.8 Å². The lowest BCUT2D eigenvalue weighted by molar-refractivity contribution is -0.199. The summed E-state index contributed by atoms with van der Waals surface area (Å²) in [5.41, 5.74) is 0.973. The van der Waals surface area contributed by atoms with Gasteiger partial charge in [-0.3, -0.25) is 0 Å². The average molecular weight is 470 g/mol. The number of amides is 2. The number of rotatable bonds is 6. The Morgan fingerprint density at radius 1 is 1.26 bits per heavy atom. The second kappa shape index (κ2) is 8.75. The lowest BCUT2D eigenvalue weighted by Gasteiger charge is -2.64. The number of carbonyl (C=O) groups excluding carboxylic acids is 1. The molecule has 6 atom stereocenters. The Bertz CT molecular complexity index is 929. The van der Waals surface area contributed by atoms with Crippen LogP contribution in [0.15, 0.2) is 30.3 Å². The topological polar surface area (TPSA) is 97.3 Å². The standard InChI is InChI=1S/C25H35BN2O6/c1-24(2)18-12-19(24)25(3)20(13-18)33-26(34-25)21(11-16-7-5-4-6-8-16)27-22(29)32-15-17-9-10-28(14-17)23(30)31/h4-8,17-21H,9-15H2,1-3H3,(H,27,29)(H,30,31)/t17?,18-,19-,20+,21-,25-/m0/s1. The molecule has 6 rings (SSSR count). The van der Waals surface area contributed by atoms with Gasteiger partial charge in [0.2, 0.25) is 0 Å². The Morgan fingerprint density at radius 2 is 2.03 bits per heavy atom. The van der Waals surface area contributed by atoms with E-state index in [1.54, 1.807) is 0 Å². The van der Waals surface area contributed by atoms with Crippen molar-refractivity contribution >= 4 is 19.3 Å². The summed E-state index contributed by atoms with van der Waals surface area (Å²) in [6, 6.07) is 9.99. The monoisotopic (exact) mass is 470 g/mol. The Morgan fingerprint density at radius 3 is 2.71 bits per heavy atom. The van der Waals surface area contributed by atoms with Gasteiger partial charge < -0.3 is 29.4 Å². The van der Waals surface area contributed by atoms with Gasteiger partial charge in [0.1, 0.15) is 0 Å². The Labute approximate surface area is 201 Å². The average Bonchev–Trinajstić information content (AvgIpc) is 3.42. The van der Waals surface area contributed by atoms with Crippen LogP contribution in [0.1, 0.15) is 45.6 Å². The molecule has 2 N–H and O–H groups in total. The lowest BCUT2D eigenvalue weighted by atomic mass is 9.43. The molecule has 5 fully saturated rings. The molecule has 3 aliphatic carbocycles. The summed E-state index contributed by atoms with van der Waals surface area (Å²) in [7, 11) is -0.549. The van der Waals surface area contributed by atoms with Crippen molar-refractivity contribution in [2.75, 3.05) is 19.7 Å². The molecule has 2 heterocycles. The van der Waals surface area contributed by atoms with E-state index in [1.165, 1.54) is 11.3 Å². The van der Waals surface area contributed by atoms with Crippen LogP contribution in [0.3, 0.4) is 0 Å². The predicted molar refractivity (Wildman–Crippen MR) is 126 cm³/mol. The highest BCUT2D eigenvalue weighted by Gasteiger charge is 2.68. The third-order valence-electron chi connectivity index (χ3n) is 8.91. The van der Waals surface area contributed by atoms with Gasteiger partial charge in [-0.2, -0.15) is 0 Å². The fourth-order valence-electron chi connectivity index (χ4n) is 6.68. The molecule has 0 spiro atoms. The summed E-state index contributed by atoms with van der Waals surface area (Å²) < 4.78 is 18.6. The molecule has 1 aromatic carbocycles. The minimum atomic E-state index is -0.929. The third kappa shape index (κ3) is 4.17. The number of likely N-dealkylation sites (tertiary alicyclic amines) is 1. The van der Waals surface area contributed by atoms with Gasteiger partial charge >= 0.3 is 19.3 Å². The summed E-state index contributed by atoms with van der Waals surface area (Å²) in [5.74, 6) is 0.721. The second-order valence-corrected chi connectivity index (χ2v) is 11.3. The van der Waals surface area contributed by atoms with Crippen LogP contribution in [0, 0.1) is 23.2 Å². The molecule has 2 aliphatic heterocycles. The summed E-state index contributed by atoms with van der Waals surface area (Å²) in [4.78, 5) is 25.3. The maximum absolute atomic E-state index is 12.8. The first kappa shape index (κ1) is 23.5. The number of alkyl carbamates (subject to hydrolysis) is 1. The summed E-state index contributed by atoms with van der Waals surface area (Å²) in [6.45, 7) is 7.89. The molecule has 184 valence electrons. The lowest BCUT2D eigenvalue weighted by Crippen LogP contribution is -2.65. The highest BCUT2D eigenvalue weighted by molar-refractivity contribution is 6.47. The molecule has 2 amide bonds. The van der Waals surface area contributed by atoms with Crippen molar-refractivity contribution < 1.29 is 28.7 Å².